The number of likely N-dealkylation sites (tertiary alicyclic amines) is 1. The average Bonchev–Trinajstić information content (AvgIpc) is 2.25. The van der Waals surface area contributed by atoms with E-state index in [1.54, 1.807) is 25.7 Å². The lowest BCUT2D eigenvalue weighted by Gasteiger charge is -2.36. The minimum Gasteiger partial charge on any atom is -0.465 e. The Balaban J connectivity index is 2.53. The van der Waals surface area contributed by atoms with E-state index in [-0.39, 0.29) is 18.5 Å². The van der Waals surface area contributed by atoms with Gasteiger partial charge in [-0.1, -0.05) is 0 Å². The van der Waals surface area contributed by atoms with E-state index in [1.165, 1.54) is 6.92 Å². The molecule has 0 aromatic carbocycles. The Morgan fingerprint density at radius 3 is 2.53 bits per heavy atom. The maximum absolute atomic E-state index is 11.9. The van der Waals surface area contributed by atoms with Crippen LogP contribution in [-0.4, -0.2) is 53.5 Å². The number of rotatable bonds is 2. The van der Waals surface area contributed by atoms with Crippen molar-refractivity contribution in [3.8, 4) is 0 Å². The van der Waals surface area contributed by atoms with E-state index in [1.807, 2.05) is 0 Å². The lowest BCUT2D eigenvalue weighted by molar-refractivity contribution is -0.144. The number of hydrogen-bond acceptors (Lipinski definition) is 5. The highest BCUT2D eigenvalue weighted by Gasteiger charge is 2.33. The Morgan fingerprint density at radius 2 is 2.00 bits per heavy atom. The molecule has 0 saturated carbocycles. The van der Waals surface area contributed by atoms with E-state index in [0.717, 1.165) is 0 Å². The van der Waals surface area contributed by atoms with Crippen molar-refractivity contribution < 1.29 is 24.2 Å². The van der Waals surface area contributed by atoms with Crippen LogP contribution in [0.3, 0.4) is 0 Å². The van der Waals surface area contributed by atoms with E-state index >= 15 is 0 Å². The molecule has 0 spiro atoms. The number of hydrogen-bond donors (Lipinski definition) is 1. The van der Waals surface area contributed by atoms with Crippen LogP contribution in [0.15, 0.2) is 0 Å². The maximum Gasteiger partial charge on any atom is 0.410 e. The number of amides is 1. The zero-order chi connectivity index (χ0) is 14.6. The molecular weight excluding hydrogens is 250 g/mol. The third kappa shape index (κ3) is 5.46. The van der Waals surface area contributed by atoms with E-state index in [0.29, 0.717) is 19.5 Å². The first-order valence-electron chi connectivity index (χ1n) is 6.48. The summed E-state index contributed by atoms with van der Waals surface area (Å²) in [6, 6.07) is 0. The Bertz CT molecular complexity index is 336. The number of carbonyl (C=O) groups is 2. The zero-order valence-corrected chi connectivity index (χ0v) is 12.0. The van der Waals surface area contributed by atoms with Crippen molar-refractivity contribution in [3.05, 3.63) is 0 Å². The topological polar surface area (TPSA) is 76.1 Å². The highest BCUT2D eigenvalue weighted by atomic mass is 16.6. The van der Waals surface area contributed by atoms with Crippen molar-refractivity contribution in [1.82, 2.24) is 4.90 Å². The van der Waals surface area contributed by atoms with Crippen LogP contribution >= 0.6 is 0 Å². The molecule has 1 amide bonds. The van der Waals surface area contributed by atoms with Gasteiger partial charge in [0, 0.05) is 25.9 Å². The number of aliphatic hydroxyl groups is 1. The second-order valence-corrected chi connectivity index (χ2v) is 5.85. The molecule has 6 heteroatoms. The summed E-state index contributed by atoms with van der Waals surface area (Å²) in [6.07, 6.45) is -0.490. The number of ether oxygens (including phenoxy) is 2. The highest BCUT2D eigenvalue weighted by Crippen LogP contribution is 2.20. The quantitative estimate of drug-likeness (QED) is 0.764. The van der Waals surface area contributed by atoms with Gasteiger partial charge in [-0.05, 0) is 27.2 Å². The van der Waals surface area contributed by atoms with Crippen molar-refractivity contribution in [3.63, 3.8) is 0 Å². The summed E-state index contributed by atoms with van der Waals surface area (Å²) in [5.41, 5.74) is -0.543. The summed E-state index contributed by atoms with van der Waals surface area (Å²) in [7, 11) is 0. The van der Waals surface area contributed by atoms with Gasteiger partial charge in [-0.2, -0.15) is 0 Å². The molecule has 0 bridgehead atoms. The van der Waals surface area contributed by atoms with Gasteiger partial charge in [-0.15, -0.1) is 0 Å². The fraction of sp³-hybridized carbons (Fsp3) is 0.846. The van der Waals surface area contributed by atoms with Gasteiger partial charge in [0.1, 0.15) is 5.60 Å². The van der Waals surface area contributed by atoms with Gasteiger partial charge in [0.15, 0.2) is 0 Å². The minimum absolute atomic E-state index is 0.121. The van der Waals surface area contributed by atoms with Crippen LogP contribution in [0.1, 0.15) is 34.1 Å². The highest BCUT2D eigenvalue weighted by molar-refractivity contribution is 5.68. The molecule has 6 nitrogen and oxygen atoms in total. The van der Waals surface area contributed by atoms with Crippen LogP contribution in [0, 0.1) is 5.92 Å². The van der Waals surface area contributed by atoms with E-state index < -0.39 is 17.8 Å². The third-order valence-electron chi connectivity index (χ3n) is 2.85. The maximum atomic E-state index is 11.9. The van der Waals surface area contributed by atoms with Crippen LogP contribution in [0.4, 0.5) is 4.79 Å². The standard InChI is InChI=1S/C13H23NO5/c1-9(15)18-8-10-7-14(6-5-11(10)16)12(17)19-13(2,3)4/h10-11,16H,5-8H2,1-4H3/t10-,11-/m0/s1. The van der Waals surface area contributed by atoms with Crippen LogP contribution in [0.2, 0.25) is 0 Å². The van der Waals surface area contributed by atoms with Crippen LogP contribution in [0.5, 0.6) is 0 Å². The van der Waals surface area contributed by atoms with Gasteiger partial charge >= 0.3 is 12.1 Å². The van der Waals surface area contributed by atoms with Crippen molar-refractivity contribution in [2.24, 2.45) is 5.92 Å². The summed E-state index contributed by atoms with van der Waals surface area (Å²) in [5.74, 6) is -0.647. The first-order valence-corrected chi connectivity index (χ1v) is 6.48. The largest absolute Gasteiger partial charge is 0.465 e. The lowest BCUT2D eigenvalue weighted by Crippen LogP contribution is -2.49. The summed E-state index contributed by atoms with van der Waals surface area (Å²) in [6.45, 7) is 7.65. The van der Waals surface area contributed by atoms with Crippen molar-refractivity contribution in [2.45, 2.75) is 45.8 Å². The molecule has 1 rings (SSSR count). The van der Waals surface area contributed by atoms with Gasteiger partial charge in [0.2, 0.25) is 0 Å². The van der Waals surface area contributed by atoms with Crippen molar-refractivity contribution in [2.75, 3.05) is 19.7 Å². The number of aliphatic hydroxyl groups excluding tert-OH is 1. The Labute approximate surface area is 113 Å². The average molecular weight is 273 g/mol. The predicted molar refractivity (Wildman–Crippen MR) is 68.6 cm³/mol. The fourth-order valence-corrected chi connectivity index (χ4v) is 1.90. The third-order valence-corrected chi connectivity index (χ3v) is 2.85. The summed E-state index contributed by atoms with van der Waals surface area (Å²) < 4.78 is 10.2. The smallest absolute Gasteiger partial charge is 0.410 e. The van der Waals surface area contributed by atoms with E-state index in [9.17, 15) is 14.7 Å². The van der Waals surface area contributed by atoms with E-state index in [4.69, 9.17) is 9.47 Å². The molecule has 1 fully saturated rings. The van der Waals surface area contributed by atoms with Crippen LogP contribution < -0.4 is 0 Å². The molecule has 0 aromatic rings. The number of piperidine rings is 1. The molecular formula is C13H23NO5. The number of nitrogens with zero attached hydrogens (tertiary/aromatic N) is 1. The van der Waals surface area contributed by atoms with Crippen molar-refractivity contribution >= 4 is 12.1 Å². The normalized spacial score (nSPS) is 23.9. The van der Waals surface area contributed by atoms with Gasteiger partial charge in [0.05, 0.1) is 12.7 Å². The SMILES string of the molecule is CC(=O)OC[C@@H]1CN(C(=O)OC(C)(C)C)CC[C@@H]1O. The molecule has 1 N–H and O–H groups in total. The molecule has 2 atom stereocenters. The van der Waals surface area contributed by atoms with Gasteiger partial charge < -0.3 is 19.5 Å². The van der Waals surface area contributed by atoms with Gasteiger partial charge in [-0.25, -0.2) is 4.79 Å². The molecule has 1 aliphatic heterocycles. The molecule has 1 aliphatic rings. The predicted octanol–water partition coefficient (Wildman–Crippen LogP) is 1.17. The second kappa shape index (κ2) is 6.23. The second-order valence-electron chi connectivity index (χ2n) is 5.85. The summed E-state index contributed by atoms with van der Waals surface area (Å²) in [5, 5.41) is 9.84. The fourth-order valence-electron chi connectivity index (χ4n) is 1.90. The molecule has 0 unspecified atom stereocenters. The Morgan fingerprint density at radius 1 is 1.37 bits per heavy atom. The Hall–Kier alpha value is -1.30. The molecule has 110 valence electrons. The monoisotopic (exact) mass is 273 g/mol. The van der Waals surface area contributed by atoms with E-state index in [2.05, 4.69) is 0 Å². The molecule has 1 saturated heterocycles. The number of carbonyl (C=O) groups excluding carboxylic acids is 2. The summed E-state index contributed by atoms with van der Waals surface area (Å²) in [4.78, 5) is 24.3. The minimum atomic E-state index is -0.557. The van der Waals surface area contributed by atoms with Crippen LogP contribution in [-0.2, 0) is 14.3 Å². The lowest BCUT2D eigenvalue weighted by atomic mass is 9.96. The first kappa shape index (κ1) is 15.8. The Kier molecular flexibility index (Phi) is 5.17. The van der Waals surface area contributed by atoms with Crippen molar-refractivity contribution in [1.29, 1.82) is 0 Å². The molecule has 0 aromatic heterocycles. The van der Waals surface area contributed by atoms with Gasteiger partial charge in [0.25, 0.3) is 0 Å². The summed E-state index contributed by atoms with van der Waals surface area (Å²) >= 11 is 0. The first-order chi connectivity index (χ1) is 8.69. The zero-order valence-electron chi connectivity index (χ0n) is 12.0. The molecule has 19 heavy (non-hydrogen) atoms. The van der Waals surface area contributed by atoms with Crippen LogP contribution in [0.25, 0.3) is 0 Å². The molecule has 0 aliphatic carbocycles. The molecule has 1 heterocycles. The molecule has 0 radical (unpaired) electrons. The van der Waals surface area contributed by atoms with Gasteiger partial charge in [-0.3, -0.25) is 4.79 Å². The number of esters is 1.